The average Bonchev–Trinajstić information content (AvgIpc) is 3.30. The molecule has 4 aromatic rings. The maximum Gasteiger partial charge on any atom is 0.242 e. The molecule has 0 amide bonds. The van der Waals surface area contributed by atoms with E-state index in [1.165, 1.54) is 40.3 Å². The molecule has 0 aliphatic carbocycles. The van der Waals surface area contributed by atoms with E-state index in [0.29, 0.717) is 10.7 Å². The molecule has 2 aromatic heterocycles. The minimum atomic E-state index is -0.614. The first kappa shape index (κ1) is 17.0. The highest BCUT2D eigenvalue weighted by Gasteiger charge is 2.31. The lowest BCUT2D eigenvalue weighted by Crippen LogP contribution is -2.05. The van der Waals surface area contributed by atoms with E-state index in [0.717, 1.165) is 0 Å². The number of aromatic hydroxyl groups is 2. The summed E-state index contributed by atoms with van der Waals surface area (Å²) in [6, 6.07) is 14.2. The van der Waals surface area contributed by atoms with Crippen LogP contribution in [-0.4, -0.2) is 25.5 Å². The quantitative estimate of drug-likeness (QED) is 0.515. The molecule has 7 heteroatoms. The van der Waals surface area contributed by atoms with Crippen molar-refractivity contribution in [2.24, 2.45) is 0 Å². The normalized spacial score (nSPS) is 10.9. The first-order valence-corrected chi connectivity index (χ1v) is 8.88. The maximum atomic E-state index is 14.6. The number of benzene rings is 2. The van der Waals surface area contributed by atoms with E-state index >= 15 is 0 Å². The van der Waals surface area contributed by atoms with Crippen LogP contribution in [0.2, 0.25) is 0 Å². The molecule has 0 aliphatic heterocycles. The molecule has 0 fully saturated rings. The van der Waals surface area contributed by atoms with Crippen LogP contribution in [0.5, 0.6) is 11.6 Å². The Bertz CT molecular complexity index is 1120. The van der Waals surface area contributed by atoms with Gasteiger partial charge in [-0.1, -0.05) is 42.5 Å². The molecular weight excluding hydrogens is 367 g/mol. The van der Waals surface area contributed by atoms with Gasteiger partial charge in [0.1, 0.15) is 5.82 Å². The number of carbonyl (C=O) groups is 1. The minimum Gasteiger partial charge on any atom is -0.503 e. The number of halogens is 1. The molecule has 0 bridgehead atoms. The van der Waals surface area contributed by atoms with E-state index in [1.807, 2.05) is 0 Å². The van der Waals surface area contributed by atoms with Gasteiger partial charge in [0.05, 0.1) is 11.3 Å². The second-order valence-corrected chi connectivity index (χ2v) is 6.59. The van der Waals surface area contributed by atoms with Gasteiger partial charge in [-0.25, -0.2) is 9.37 Å². The molecule has 0 radical (unpaired) electrons. The molecule has 134 valence electrons. The summed E-state index contributed by atoms with van der Waals surface area (Å²) in [6.45, 7) is 0. The Kier molecular flexibility index (Phi) is 4.21. The van der Waals surface area contributed by atoms with Gasteiger partial charge in [0.15, 0.2) is 16.7 Å². The van der Waals surface area contributed by atoms with Crippen LogP contribution in [0.15, 0.2) is 66.2 Å². The molecule has 0 saturated carbocycles. The van der Waals surface area contributed by atoms with Crippen molar-refractivity contribution in [3.63, 3.8) is 0 Å². The van der Waals surface area contributed by atoms with Crippen LogP contribution in [0.25, 0.3) is 16.4 Å². The third-order valence-corrected chi connectivity index (χ3v) is 4.88. The van der Waals surface area contributed by atoms with Gasteiger partial charge < -0.3 is 10.2 Å². The first-order valence-electron chi connectivity index (χ1n) is 8.00. The number of carbonyl (C=O) groups excluding carboxylic acids is 1. The largest absolute Gasteiger partial charge is 0.503 e. The van der Waals surface area contributed by atoms with Gasteiger partial charge in [0, 0.05) is 22.7 Å². The minimum absolute atomic E-state index is 0.0481. The fourth-order valence-corrected chi connectivity index (χ4v) is 3.57. The number of rotatable bonds is 4. The van der Waals surface area contributed by atoms with Crippen LogP contribution in [-0.2, 0) is 0 Å². The number of hydrogen-bond donors (Lipinski definition) is 2. The average molecular weight is 380 g/mol. The second kappa shape index (κ2) is 6.69. The van der Waals surface area contributed by atoms with Gasteiger partial charge in [-0.2, -0.15) is 0 Å². The molecular formula is C20H13FN2O3S. The van der Waals surface area contributed by atoms with E-state index in [2.05, 4.69) is 4.98 Å². The van der Waals surface area contributed by atoms with Crippen molar-refractivity contribution in [1.82, 2.24) is 9.55 Å². The van der Waals surface area contributed by atoms with Gasteiger partial charge in [0.2, 0.25) is 5.88 Å². The summed E-state index contributed by atoms with van der Waals surface area (Å²) in [6.07, 6.45) is 1.51. The Morgan fingerprint density at radius 3 is 2.41 bits per heavy atom. The number of nitrogens with zero attached hydrogens (tertiary/aromatic N) is 2. The Balaban J connectivity index is 2.06. The molecule has 27 heavy (non-hydrogen) atoms. The highest BCUT2D eigenvalue weighted by molar-refractivity contribution is 7.12. The molecule has 2 heterocycles. The number of hydrogen-bond acceptors (Lipinski definition) is 5. The summed E-state index contributed by atoms with van der Waals surface area (Å²) in [4.78, 5) is 17.2. The summed E-state index contributed by atoms with van der Waals surface area (Å²) in [5, 5.41) is 23.0. The summed E-state index contributed by atoms with van der Waals surface area (Å²) in [5.41, 5.74) is 0.246. The van der Waals surface area contributed by atoms with Crippen molar-refractivity contribution < 1.29 is 19.4 Å². The van der Waals surface area contributed by atoms with Crippen molar-refractivity contribution in [2.75, 3.05) is 0 Å². The second-order valence-electron chi connectivity index (χ2n) is 5.72. The van der Waals surface area contributed by atoms with Crippen LogP contribution in [0.3, 0.4) is 0 Å². The zero-order chi connectivity index (χ0) is 19.0. The topological polar surface area (TPSA) is 75.3 Å². The first-order chi connectivity index (χ1) is 13.1. The highest BCUT2D eigenvalue weighted by Crippen LogP contribution is 2.44. The maximum absolute atomic E-state index is 14.6. The number of aromatic nitrogens is 2. The van der Waals surface area contributed by atoms with Crippen LogP contribution in [0, 0.1) is 5.82 Å². The molecule has 0 spiro atoms. The van der Waals surface area contributed by atoms with Crippen LogP contribution < -0.4 is 0 Å². The molecule has 2 aromatic carbocycles. The fourth-order valence-electron chi connectivity index (χ4n) is 2.92. The monoisotopic (exact) mass is 380 g/mol. The standard InChI is InChI=1S/C20H13FN2O3S/c21-14-9-5-4-8-13(14)16-15(17(24)12-6-2-1-3-7-12)18(25)19(26)23(16)20-22-10-11-27-20/h1-11,25-26H. The van der Waals surface area contributed by atoms with Crippen molar-refractivity contribution >= 4 is 17.1 Å². The zero-order valence-electron chi connectivity index (χ0n) is 13.8. The molecule has 5 nitrogen and oxygen atoms in total. The van der Waals surface area contributed by atoms with Gasteiger partial charge in [0.25, 0.3) is 0 Å². The Morgan fingerprint density at radius 2 is 1.74 bits per heavy atom. The van der Waals surface area contributed by atoms with Gasteiger partial charge >= 0.3 is 0 Å². The molecule has 0 unspecified atom stereocenters. The van der Waals surface area contributed by atoms with Gasteiger partial charge in [-0.05, 0) is 12.1 Å². The van der Waals surface area contributed by atoms with Crippen molar-refractivity contribution in [2.45, 2.75) is 0 Å². The van der Waals surface area contributed by atoms with E-state index in [9.17, 15) is 19.4 Å². The summed E-state index contributed by atoms with van der Waals surface area (Å²) < 4.78 is 15.8. The summed E-state index contributed by atoms with van der Waals surface area (Å²) in [5.74, 6) is -2.30. The van der Waals surface area contributed by atoms with Gasteiger partial charge in [-0.15, -0.1) is 11.3 Å². The number of thiazole rings is 1. The number of ketones is 1. The van der Waals surface area contributed by atoms with Crippen LogP contribution in [0.4, 0.5) is 4.39 Å². The summed E-state index contributed by atoms with van der Waals surface area (Å²) >= 11 is 1.18. The molecule has 0 aliphatic rings. The van der Waals surface area contributed by atoms with Gasteiger partial charge in [-0.3, -0.25) is 9.36 Å². The lowest BCUT2D eigenvalue weighted by atomic mass is 9.99. The zero-order valence-corrected chi connectivity index (χ0v) is 14.7. The van der Waals surface area contributed by atoms with E-state index in [1.54, 1.807) is 41.8 Å². The van der Waals surface area contributed by atoms with E-state index in [-0.39, 0.29) is 16.8 Å². The third-order valence-electron chi connectivity index (χ3n) is 4.12. The fraction of sp³-hybridized carbons (Fsp3) is 0. The SMILES string of the molecule is O=C(c1ccccc1)c1c(O)c(O)n(-c2nccs2)c1-c1ccccc1F. The predicted octanol–water partition coefficient (Wildman–Crippen LogP) is 4.38. The molecule has 2 N–H and O–H groups in total. The van der Waals surface area contributed by atoms with E-state index < -0.39 is 23.2 Å². The Labute approximate surface area is 157 Å². The molecule has 0 atom stereocenters. The Hall–Kier alpha value is -3.45. The lowest BCUT2D eigenvalue weighted by Gasteiger charge is -2.10. The molecule has 0 saturated heterocycles. The summed E-state index contributed by atoms with van der Waals surface area (Å²) in [7, 11) is 0. The Morgan fingerprint density at radius 1 is 1.04 bits per heavy atom. The third kappa shape index (κ3) is 2.78. The lowest BCUT2D eigenvalue weighted by molar-refractivity contribution is 0.103. The van der Waals surface area contributed by atoms with Crippen molar-refractivity contribution in [1.29, 1.82) is 0 Å². The highest BCUT2D eigenvalue weighted by atomic mass is 32.1. The van der Waals surface area contributed by atoms with Crippen molar-refractivity contribution in [3.05, 3.63) is 83.1 Å². The predicted molar refractivity (Wildman–Crippen MR) is 100 cm³/mol. The smallest absolute Gasteiger partial charge is 0.242 e. The van der Waals surface area contributed by atoms with E-state index in [4.69, 9.17) is 0 Å². The van der Waals surface area contributed by atoms with Crippen LogP contribution in [0.1, 0.15) is 15.9 Å². The van der Waals surface area contributed by atoms with Crippen molar-refractivity contribution in [3.8, 4) is 28.0 Å². The van der Waals surface area contributed by atoms with Crippen LogP contribution >= 0.6 is 11.3 Å². The molecule has 4 rings (SSSR count).